The van der Waals surface area contributed by atoms with E-state index in [2.05, 4.69) is 14.7 Å². The fourth-order valence-corrected chi connectivity index (χ4v) is 3.76. The Hall–Kier alpha value is -2.25. The van der Waals surface area contributed by atoms with E-state index in [9.17, 15) is 8.42 Å². The van der Waals surface area contributed by atoms with E-state index >= 15 is 0 Å². The lowest BCUT2D eigenvalue weighted by molar-refractivity contribution is 0.403. The molecule has 1 heterocycles. The second-order valence-electron chi connectivity index (χ2n) is 5.44. The number of aryl methyl sites for hydroxylation is 2. The van der Waals surface area contributed by atoms with Gasteiger partial charge in [0.1, 0.15) is 10.6 Å². The van der Waals surface area contributed by atoms with Gasteiger partial charge in [-0.2, -0.15) is 0 Å². The molecule has 0 bridgehead atoms. The highest BCUT2D eigenvalue weighted by Gasteiger charge is 2.21. The van der Waals surface area contributed by atoms with Crippen LogP contribution in [0, 0.1) is 13.8 Å². The molecule has 6 nitrogen and oxygen atoms in total. The number of fused-ring (bicyclic) bond motifs is 1. The first-order chi connectivity index (χ1) is 11.3. The van der Waals surface area contributed by atoms with Crippen LogP contribution in [0.25, 0.3) is 11.0 Å². The van der Waals surface area contributed by atoms with E-state index in [-0.39, 0.29) is 16.6 Å². The molecule has 126 valence electrons. The van der Waals surface area contributed by atoms with Crippen molar-refractivity contribution in [3.8, 4) is 5.75 Å². The first kappa shape index (κ1) is 16.6. The predicted molar refractivity (Wildman–Crippen MR) is 94.4 cm³/mol. The van der Waals surface area contributed by atoms with Crippen LogP contribution in [0.15, 0.2) is 35.2 Å². The molecule has 0 aliphatic rings. The summed E-state index contributed by atoms with van der Waals surface area (Å²) in [5.41, 5.74) is 3.62. The van der Waals surface area contributed by atoms with Gasteiger partial charge in [0, 0.05) is 5.02 Å². The minimum absolute atomic E-state index is 0.0506. The van der Waals surface area contributed by atoms with Crippen molar-refractivity contribution in [3.63, 3.8) is 0 Å². The number of nitrogens with zero attached hydrogens (tertiary/aromatic N) is 1. The number of anilines is 1. The number of aromatic nitrogens is 2. The molecule has 1 aromatic heterocycles. The lowest BCUT2D eigenvalue weighted by Crippen LogP contribution is -2.15. The summed E-state index contributed by atoms with van der Waals surface area (Å²) in [4.78, 5) is 7.20. The molecule has 0 aliphatic carbocycles. The number of benzene rings is 2. The Labute approximate surface area is 144 Å². The van der Waals surface area contributed by atoms with E-state index in [0.29, 0.717) is 10.5 Å². The Morgan fingerprint density at radius 3 is 2.58 bits per heavy atom. The minimum atomic E-state index is -3.90. The number of ether oxygens (including phenoxy) is 1. The second-order valence-corrected chi connectivity index (χ2v) is 7.53. The van der Waals surface area contributed by atoms with Crippen molar-refractivity contribution in [1.82, 2.24) is 9.97 Å². The number of methoxy groups -OCH3 is 1. The molecule has 3 aromatic rings. The van der Waals surface area contributed by atoms with Crippen LogP contribution >= 0.6 is 11.6 Å². The van der Waals surface area contributed by atoms with Gasteiger partial charge in [0.05, 0.1) is 18.1 Å². The Morgan fingerprint density at radius 1 is 1.17 bits per heavy atom. The van der Waals surface area contributed by atoms with Gasteiger partial charge in [-0.3, -0.25) is 0 Å². The topological polar surface area (TPSA) is 84.1 Å². The van der Waals surface area contributed by atoms with Crippen molar-refractivity contribution in [3.05, 3.63) is 46.5 Å². The van der Waals surface area contributed by atoms with Crippen molar-refractivity contribution in [2.75, 3.05) is 11.8 Å². The largest absolute Gasteiger partial charge is 0.495 e. The zero-order chi connectivity index (χ0) is 17.5. The molecule has 0 saturated heterocycles. The maximum absolute atomic E-state index is 12.6. The normalized spacial score (nSPS) is 11.7. The molecule has 3 rings (SSSR count). The molecule has 0 spiro atoms. The van der Waals surface area contributed by atoms with Crippen molar-refractivity contribution in [1.29, 1.82) is 0 Å². The zero-order valence-electron chi connectivity index (χ0n) is 13.3. The van der Waals surface area contributed by atoms with Gasteiger partial charge in [0.15, 0.2) is 0 Å². The summed E-state index contributed by atoms with van der Waals surface area (Å²) in [6, 6.07) is 8.22. The van der Waals surface area contributed by atoms with E-state index < -0.39 is 10.0 Å². The molecule has 0 fully saturated rings. The maximum Gasteiger partial charge on any atom is 0.267 e. The van der Waals surface area contributed by atoms with Gasteiger partial charge in [-0.15, -0.1) is 0 Å². The number of H-pyrrole nitrogens is 1. The third kappa shape index (κ3) is 3.05. The summed E-state index contributed by atoms with van der Waals surface area (Å²) in [7, 11) is -2.50. The first-order valence-corrected chi connectivity index (χ1v) is 8.99. The van der Waals surface area contributed by atoms with E-state index in [0.717, 1.165) is 16.6 Å². The summed E-state index contributed by atoms with van der Waals surface area (Å²) in [5, 5.41) is 0.298. The van der Waals surface area contributed by atoms with Crippen molar-refractivity contribution < 1.29 is 13.2 Å². The average molecular weight is 366 g/mol. The van der Waals surface area contributed by atoms with Crippen LogP contribution < -0.4 is 9.46 Å². The zero-order valence-corrected chi connectivity index (χ0v) is 14.9. The number of sulfonamides is 1. The highest BCUT2D eigenvalue weighted by Crippen LogP contribution is 2.29. The van der Waals surface area contributed by atoms with Crippen molar-refractivity contribution in [2.24, 2.45) is 0 Å². The smallest absolute Gasteiger partial charge is 0.267 e. The third-order valence-electron chi connectivity index (χ3n) is 3.74. The quantitative estimate of drug-likeness (QED) is 0.739. The molecule has 0 amide bonds. The van der Waals surface area contributed by atoms with Crippen molar-refractivity contribution >= 4 is 38.6 Å². The molecule has 0 radical (unpaired) electrons. The summed E-state index contributed by atoms with van der Waals surface area (Å²) in [6.07, 6.45) is 0. The number of halogens is 1. The molecule has 24 heavy (non-hydrogen) atoms. The number of hydrogen-bond acceptors (Lipinski definition) is 4. The summed E-state index contributed by atoms with van der Waals surface area (Å²) in [5.74, 6) is 0.340. The SMILES string of the molecule is COc1ccc(Cl)cc1S(=O)(=O)Nc1nc2cc(C)c(C)cc2[nH]1. The number of imidazole rings is 1. The molecule has 0 aliphatic heterocycles. The van der Waals surface area contributed by atoms with Gasteiger partial charge in [0.25, 0.3) is 10.0 Å². The molecular formula is C16H16ClN3O3S. The van der Waals surface area contributed by atoms with E-state index in [1.807, 2.05) is 26.0 Å². The van der Waals surface area contributed by atoms with Crippen LogP contribution in [0.5, 0.6) is 5.75 Å². The molecule has 2 aromatic carbocycles. The van der Waals surface area contributed by atoms with Crippen LogP contribution in [0.1, 0.15) is 11.1 Å². The van der Waals surface area contributed by atoms with E-state index in [1.54, 1.807) is 6.07 Å². The van der Waals surface area contributed by atoms with E-state index in [4.69, 9.17) is 16.3 Å². The van der Waals surface area contributed by atoms with Crippen LogP contribution in [-0.2, 0) is 10.0 Å². The lowest BCUT2D eigenvalue weighted by Gasteiger charge is -2.10. The fraction of sp³-hybridized carbons (Fsp3) is 0.188. The van der Waals surface area contributed by atoms with Crippen molar-refractivity contribution in [2.45, 2.75) is 18.7 Å². The van der Waals surface area contributed by atoms with Gasteiger partial charge >= 0.3 is 0 Å². The minimum Gasteiger partial charge on any atom is -0.495 e. The number of hydrogen-bond donors (Lipinski definition) is 2. The van der Waals surface area contributed by atoms with Gasteiger partial charge in [0.2, 0.25) is 5.95 Å². The Balaban J connectivity index is 2.02. The Morgan fingerprint density at radius 2 is 1.88 bits per heavy atom. The van der Waals surface area contributed by atoms with Crippen LogP contribution in [0.4, 0.5) is 5.95 Å². The van der Waals surface area contributed by atoms with E-state index in [1.165, 1.54) is 19.2 Å². The van der Waals surface area contributed by atoms with Gasteiger partial charge < -0.3 is 9.72 Å². The molecule has 0 unspecified atom stereocenters. The fourth-order valence-electron chi connectivity index (χ4n) is 2.36. The Kier molecular flexibility index (Phi) is 4.15. The lowest BCUT2D eigenvalue weighted by atomic mass is 10.1. The van der Waals surface area contributed by atoms with Crippen LogP contribution in [-0.4, -0.2) is 25.5 Å². The van der Waals surface area contributed by atoms with Gasteiger partial charge in [-0.25, -0.2) is 18.1 Å². The van der Waals surface area contributed by atoms with Crippen LogP contribution in [0.3, 0.4) is 0 Å². The van der Waals surface area contributed by atoms with Crippen LogP contribution in [0.2, 0.25) is 5.02 Å². The molecule has 0 atom stereocenters. The first-order valence-electron chi connectivity index (χ1n) is 7.13. The maximum atomic E-state index is 12.6. The van der Waals surface area contributed by atoms with Gasteiger partial charge in [-0.05, 0) is 55.3 Å². The average Bonchev–Trinajstić information content (AvgIpc) is 2.88. The molecule has 0 saturated carbocycles. The highest BCUT2D eigenvalue weighted by molar-refractivity contribution is 7.92. The number of rotatable bonds is 4. The molecule has 2 N–H and O–H groups in total. The number of aromatic amines is 1. The summed E-state index contributed by atoms with van der Waals surface area (Å²) >= 11 is 5.91. The summed E-state index contributed by atoms with van der Waals surface area (Å²) in [6.45, 7) is 3.96. The highest BCUT2D eigenvalue weighted by atomic mass is 35.5. The second kappa shape index (κ2) is 5.99. The standard InChI is InChI=1S/C16H16ClN3O3S/c1-9-6-12-13(7-10(9)2)19-16(18-12)20-24(21,22)15-8-11(17)4-5-14(15)23-3/h4-8H,1-3H3,(H2,18,19,20). The summed E-state index contributed by atoms with van der Waals surface area (Å²) < 4.78 is 32.8. The molecule has 8 heteroatoms. The predicted octanol–water partition coefficient (Wildman–Crippen LogP) is 3.64. The van der Waals surface area contributed by atoms with Gasteiger partial charge in [-0.1, -0.05) is 11.6 Å². The Bertz CT molecular complexity index is 989. The number of nitrogens with one attached hydrogen (secondary N) is 2. The molecular weight excluding hydrogens is 350 g/mol. The monoisotopic (exact) mass is 365 g/mol. The third-order valence-corrected chi connectivity index (χ3v) is 5.34.